The summed E-state index contributed by atoms with van der Waals surface area (Å²) in [7, 11) is 0. The van der Waals surface area contributed by atoms with Gasteiger partial charge in [0.25, 0.3) is 0 Å². The molecule has 4 rings (SSSR count). The zero-order chi connectivity index (χ0) is 19.8. The van der Waals surface area contributed by atoms with Crippen LogP contribution < -0.4 is 0 Å². The summed E-state index contributed by atoms with van der Waals surface area (Å²) in [5.74, 6) is 0.734. The Morgan fingerprint density at radius 1 is 0.846 bits per heavy atom. The van der Waals surface area contributed by atoms with Gasteiger partial charge >= 0.3 is 5.97 Å². The van der Waals surface area contributed by atoms with Crippen LogP contribution in [0, 0.1) is 33.0 Å². The summed E-state index contributed by atoms with van der Waals surface area (Å²) >= 11 is 0. The summed E-state index contributed by atoms with van der Waals surface area (Å²) in [5, 5.41) is 0. The largest absolute Gasteiger partial charge is 0.459 e. The number of carbonyl (C=O) groups is 1. The molecule has 26 heavy (non-hydrogen) atoms. The van der Waals surface area contributed by atoms with Gasteiger partial charge in [-0.1, -0.05) is 48.5 Å². The van der Waals surface area contributed by atoms with E-state index in [0.717, 1.165) is 25.7 Å². The first-order valence-electron chi connectivity index (χ1n) is 10.8. The Kier molecular flexibility index (Phi) is 4.28. The molecular formula is C24H42O2. The summed E-state index contributed by atoms with van der Waals surface area (Å²) in [6.45, 7) is 20.7. The second kappa shape index (κ2) is 5.51. The number of hydrogen-bond donors (Lipinski definition) is 0. The van der Waals surface area contributed by atoms with Crippen molar-refractivity contribution in [2.24, 2.45) is 33.0 Å². The monoisotopic (exact) mass is 362 g/mol. The fraction of sp³-hybridized carbons (Fsp3) is 0.958. The first kappa shape index (κ1) is 20.2. The maximum absolute atomic E-state index is 13.1. The number of hydrogen-bond acceptors (Lipinski definition) is 2. The SMILES string of the molecule is CCC(C)(C)C(=O)OC12CC3CC(C(C)(C)C)(C1)CC(C(C)(C)C)(C3)C2. The third-order valence-corrected chi connectivity index (χ3v) is 8.95. The van der Waals surface area contributed by atoms with Crippen molar-refractivity contribution in [3.63, 3.8) is 0 Å². The van der Waals surface area contributed by atoms with Crippen molar-refractivity contribution >= 4 is 5.97 Å². The van der Waals surface area contributed by atoms with Gasteiger partial charge in [-0.3, -0.25) is 4.79 Å². The molecule has 2 nitrogen and oxygen atoms in total. The van der Waals surface area contributed by atoms with E-state index >= 15 is 0 Å². The van der Waals surface area contributed by atoms with E-state index in [-0.39, 0.29) is 27.8 Å². The van der Waals surface area contributed by atoms with E-state index in [1.54, 1.807) is 0 Å². The molecule has 0 aromatic rings. The van der Waals surface area contributed by atoms with Gasteiger partial charge in [-0.25, -0.2) is 0 Å². The van der Waals surface area contributed by atoms with E-state index in [0.29, 0.717) is 16.7 Å². The molecule has 4 aliphatic rings. The zero-order valence-electron chi connectivity index (χ0n) is 18.8. The molecule has 4 saturated carbocycles. The van der Waals surface area contributed by atoms with Gasteiger partial charge in [-0.2, -0.15) is 0 Å². The molecule has 4 aliphatic carbocycles. The second-order valence-electron chi connectivity index (χ2n) is 12.9. The van der Waals surface area contributed by atoms with E-state index < -0.39 is 0 Å². The van der Waals surface area contributed by atoms with E-state index in [1.165, 1.54) is 19.3 Å². The van der Waals surface area contributed by atoms with Gasteiger partial charge in [-0.15, -0.1) is 0 Å². The molecule has 0 radical (unpaired) electrons. The topological polar surface area (TPSA) is 26.3 Å². The van der Waals surface area contributed by atoms with E-state index in [9.17, 15) is 4.79 Å². The van der Waals surface area contributed by atoms with Crippen molar-refractivity contribution in [3.8, 4) is 0 Å². The Labute approximate surface area is 161 Å². The average Bonchev–Trinajstić information content (AvgIpc) is 2.43. The maximum Gasteiger partial charge on any atom is 0.312 e. The van der Waals surface area contributed by atoms with Gasteiger partial charge < -0.3 is 4.74 Å². The first-order valence-corrected chi connectivity index (χ1v) is 10.8. The molecule has 0 spiro atoms. The molecule has 0 amide bonds. The van der Waals surface area contributed by atoms with Crippen LogP contribution in [0.2, 0.25) is 0 Å². The highest BCUT2D eigenvalue weighted by Gasteiger charge is 2.69. The number of ether oxygens (including phenoxy) is 1. The van der Waals surface area contributed by atoms with Crippen LogP contribution in [0.5, 0.6) is 0 Å². The number of carbonyl (C=O) groups excluding carboxylic acids is 1. The lowest BCUT2D eigenvalue weighted by Gasteiger charge is -2.72. The van der Waals surface area contributed by atoms with Crippen LogP contribution in [0.3, 0.4) is 0 Å². The molecule has 2 unspecified atom stereocenters. The van der Waals surface area contributed by atoms with Gasteiger partial charge in [-0.05, 0) is 86.4 Å². The minimum atomic E-state index is -0.382. The third-order valence-electron chi connectivity index (χ3n) is 8.95. The molecule has 2 heteroatoms. The van der Waals surface area contributed by atoms with Crippen LogP contribution in [0.1, 0.15) is 107 Å². The van der Waals surface area contributed by atoms with Crippen LogP contribution in [-0.4, -0.2) is 11.6 Å². The van der Waals surface area contributed by atoms with E-state index in [1.807, 2.05) is 13.8 Å². The molecular weight excluding hydrogens is 320 g/mol. The summed E-state index contributed by atoms with van der Waals surface area (Å²) in [4.78, 5) is 13.1. The van der Waals surface area contributed by atoms with Crippen molar-refractivity contribution in [2.45, 2.75) is 113 Å². The van der Waals surface area contributed by atoms with Gasteiger partial charge in [0.2, 0.25) is 0 Å². The third kappa shape index (κ3) is 2.85. The van der Waals surface area contributed by atoms with E-state index in [2.05, 4.69) is 48.5 Å². The molecule has 4 fully saturated rings. The molecule has 4 bridgehead atoms. The van der Waals surface area contributed by atoms with Crippen LogP contribution in [-0.2, 0) is 9.53 Å². The zero-order valence-corrected chi connectivity index (χ0v) is 18.8. The van der Waals surface area contributed by atoms with Crippen molar-refractivity contribution in [3.05, 3.63) is 0 Å². The quantitative estimate of drug-likeness (QED) is 0.518. The average molecular weight is 363 g/mol. The predicted molar refractivity (Wildman–Crippen MR) is 108 cm³/mol. The van der Waals surface area contributed by atoms with Crippen molar-refractivity contribution in [2.75, 3.05) is 0 Å². The Morgan fingerprint density at radius 2 is 1.31 bits per heavy atom. The Bertz CT molecular complexity index is 556. The van der Waals surface area contributed by atoms with Crippen LogP contribution >= 0.6 is 0 Å². The van der Waals surface area contributed by atoms with Gasteiger partial charge in [0.15, 0.2) is 0 Å². The molecule has 0 aliphatic heterocycles. The lowest BCUT2D eigenvalue weighted by Crippen LogP contribution is -2.67. The minimum absolute atomic E-state index is 0.0232. The van der Waals surface area contributed by atoms with Crippen molar-refractivity contribution < 1.29 is 9.53 Å². The molecule has 0 heterocycles. The standard InChI is InChI=1S/C24H42O2/c1-10-21(8,9)18(25)26-24-13-17-11-22(15-24,19(2,3)4)14-23(12-17,16-24)20(5,6)7/h17H,10-16H2,1-9H3. The second-order valence-corrected chi connectivity index (χ2v) is 12.9. The molecule has 0 N–H and O–H groups in total. The normalized spacial score (nSPS) is 40.0. The summed E-state index contributed by atoms with van der Waals surface area (Å²) in [6, 6.07) is 0. The van der Waals surface area contributed by atoms with Crippen molar-refractivity contribution in [1.82, 2.24) is 0 Å². The van der Waals surface area contributed by atoms with E-state index in [4.69, 9.17) is 4.74 Å². The number of esters is 1. The highest BCUT2D eigenvalue weighted by Crippen LogP contribution is 2.75. The van der Waals surface area contributed by atoms with Gasteiger partial charge in [0, 0.05) is 0 Å². The number of rotatable bonds is 3. The highest BCUT2D eigenvalue weighted by atomic mass is 16.6. The summed E-state index contributed by atoms with van der Waals surface area (Å²) in [6.07, 6.45) is 8.02. The lowest BCUT2D eigenvalue weighted by atomic mass is 9.35. The Morgan fingerprint density at radius 3 is 1.69 bits per heavy atom. The van der Waals surface area contributed by atoms with Crippen LogP contribution in [0.25, 0.3) is 0 Å². The fourth-order valence-electron chi connectivity index (χ4n) is 6.62. The Balaban J connectivity index is 2.04. The minimum Gasteiger partial charge on any atom is -0.459 e. The summed E-state index contributed by atoms with van der Waals surface area (Å²) < 4.78 is 6.51. The molecule has 2 atom stereocenters. The van der Waals surface area contributed by atoms with Gasteiger partial charge in [0.1, 0.15) is 5.60 Å². The fourth-order valence-corrected chi connectivity index (χ4v) is 6.62. The van der Waals surface area contributed by atoms with Gasteiger partial charge in [0.05, 0.1) is 5.41 Å². The molecule has 150 valence electrons. The van der Waals surface area contributed by atoms with Crippen LogP contribution in [0.15, 0.2) is 0 Å². The molecule has 0 aromatic heterocycles. The smallest absolute Gasteiger partial charge is 0.312 e. The summed E-state index contributed by atoms with van der Waals surface area (Å²) in [5.41, 5.74) is 0.491. The lowest BCUT2D eigenvalue weighted by molar-refractivity contribution is -0.265. The van der Waals surface area contributed by atoms with Crippen molar-refractivity contribution in [1.29, 1.82) is 0 Å². The highest BCUT2D eigenvalue weighted by molar-refractivity contribution is 5.76. The first-order chi connectivity index (χ1) is 11.6. The predicted octanol–water partition coefficient (Wildman–Crippen LogP) is 6.77. The molecule has 0 saturated heterocycles. The maximum atomic E-state index is 13.1. The molecule has 0 aromatic carbocycles. The van der Waals surface area contributed by atoms with Crippen LogP contribution in [0.4, 0.5) is 0 Å². The Hall–Kier alpha value is -0.530.